The third-order valence-electron chi connectivity index (χ3n) is 13.1. The summed E-state index contributed by atoms with van der Waals surface area (Å²) in [6.45, 7) is 0. The number of hydrogen-bond donors (Lipinski definition) is 0. The fourth-order valence-corrected chi connectivity index (χ4v) is 10.9. The topological polar surface area (TPSA) is 17.8 Å². The molecule has 0 bridgehead atoms. The molecule has 0 radical (unpaired) electrons. The van der Waals surface area contributed by atoms with E-state index in [0.717, 1.165) is 18.7 Å². The van der Waals surface area contributed by atoms with Crippen LogP contribution < -0.4 is 0 Å². The van der Waals surface area contributed by atoms with Gasteiger partial charge in [0.05, 0.1) is 11.0 Å². The number of rotatable bonds is 2. The first-order valence-electron chi connectivity index (χ1n) is 19.6. The summed E-state index contributed by atoms with van der Waals surface area (Å²) in [7, 11) is 0. The summed E-state index contributed by atoms with van der Waals surface area (Å²) in [6, 6.07) is 61.2. The first-order valence-corrected chi connectivity index (χ1v) is 19.6. The summed E-state index contributed by atoms with van der Waals surface area (Å²) < 4.78 is 2.52. The van der Waals surface area contributed by atoms with Crippen molar-refractivity contribution in [1.82, 2.24) is 9.55 Å². The van der Waals surface area contributed by atoms with E-state index in [-0.39, 0.29) is 5.92 Å². The summed E-state index contributed by atoms with van der Waals surface area (Å²) in [5, 5.41) is 7.74. The number of hydrogen-bond acceptors (Lipinski definition) is 1. The monoisotopic (exact) mass is 698 g/mol. The van der Waals surface area contributed by atoms with Crippen molar-refractivity contribution in [2.24, 2.45) is 0 Å². The molecule has 2 aromatic heterocycles. The molecule has 8 aromatic carbocycles. The van der Waals surface area contributed by atoms with Crippen LogP contribution in [-0.2, 0) is 12.8 Å². The van der Waals surface area contributed by atoms with E-state index in [4.69, 9.17) is 4.98 Å². The molecule has 13 rings (SSSR count). The van der Waals surface area contributed by atoms with Gasteiger partial charge in [-0.3, -0.25) is 4.57 Å². The molecule has 3 aliphatic carbocycles. The third-order valence-corrected chi connectivity index (χ3v) is 13.1. The predicted molar refractivity (Wildman–Crippen MR) is 227 cm³/mol. The first-order chi connectivity index (χ1) is 27.3. The number of nitrogens with zero attached hydrogens (tertiary/aromatic N) is 2. The van der Waals surface area contributed by atoms with Gasteiger partial charge in [-0.2, -0.15) is 0 Å². The zero-order chi connectivity index (χ0) is 35.8. The van der Waals surface area contributed by atoms with E-state index in [2.05, 4.69) is 175 Å². The minimum atomic E-state index is 0.244. The number of fused-ring (bicyclic) bond motifs is 17. The second-order valence-electron chi connectivity index (χ2n) is 15.7. The standard InChI is InChI=1S/C53H34N2/c1-4-15-35-31(12-1)24-26-44-50-42-21-10-9-20-40(42)47-29-46-39-19-8-6-17-37(39)41-22-11-23-43(49(41)46)51(47)53(50)55(52(35)44)48-27-25-33(30-54-48)45-28-32-13-2-3-14-34(32)36-16-5-7-18-38(36)45/h1-27,30,45-46H,28-29H2. The molecule has 0 fully saturated rings. The Hall–Kier alpha value is -6.77. The van der Waals surface area contributed by atoms with Gasteiger partial charge in [0, 0.05) is 39.8 Å². The molecule has 2 heterocycles. The van der Waals surface area contributed by atoms with Crippen LogP contribution >= 0.6 is 0 Å². The Morgan fingerprint density at radius 3 is 1.96 bits per heavy atom. The summed E-state index contributed by atoms with van der Waals surface area (Å²) >= 11 is 0. The largest absolute Gasteiger partial charge is 0.292 e. The molecule has 3 aliphatic rings. The lowest BCUT2D eigenvalue weighted by Crippen LogP contribution is -2.13. The molecule has 2 atom stereocenters. The van der Waals surface area contributed by atoms with E-state index in [1.54, 1.807) is 0 Å². The quantitative estimate of drug-likeness (QED) is 0.176. The van der Waals surface area contributed by atoms with Crippen LogP contribution in [0.3, 0.4) is 0 Å². The van der Waals surface area contributed by atoms with Gasteiger partial charge in [0.15, 0.2) is 0 Å². The number of aromatic nitrogens is 2. The molecule has 0 aliphatic heterocycles. The first kappa shape index (κ1) is 29.7. The van der Waals surface area contributed by atoms with Crippen LogP contribution in [-0.4, -0.2) is 9.55 Å². The van der Waals surface area contributed by atoms with Crippen molar-refractivity contribution in [3.05, 3.63) is 203 Å². The molecular formula is C53H34N2. The van der Waals surface area contributed by atoms with Gasteiger partial charge < -0.3 is 0 Å². The molecule has 0 spiro atoms. The van der Waals surface area contributed by atoms with Crippen LogP contribution in [0.4, 0.5) is 0 Å². The Bertz CT molecular complexity index is 3270. The van der Waals surface area contributed by atoms with E-state index in [9.17, 15) is 0 Å². The average Bonchev–Trinajstić information content (AvgIpc) is 3.78. The molecule has 0 N–H and O–H groups in total. The van der Waals surface area contributed by atoms with Crippen LogP contribution in [0.2, 0.25) is 0 Å². The Balaban J connectivity index is 1.12. The van der Waals surface area contributed by atoms with E-state index < -0.39 is 0 Å². The zero-order valence-electron chi connectivity index (χ0n) is 30.1. The van der Waals surface area contributed by atoms with E-state index in [1.807, 2.05) is 0 Å². The molecule has 2 heteroatoms. The Labute approximate surface area is 319 Å². The molecule has 256 valence electrons. The second-order valence-corrected chi connectivity index (χ2v) is 15.7. The predicted octanol–water partition coefficient (Wildman–Crippen LogP) is 13.2. The Morgan fingerprint density at radius 2 is 1.13 bits per heavy atom. The molecular weight excluding hydrogens is 665 g/mol. The minimum Gasteiger partial charge on any atom is -0.292 e. The molecule has 0 saturated carbocycles. The lowest BCUT2D eigenvalue weighted by molar-refractivity contribution is 0.787. The molecule has 2 nitrogen and oxygen atoms in total. The van der Waals surface area contributed by atoms with Gasteiger partial charge in [0.1, 0.15) is 5.82 Å². The SMILES string of the molecule is c1ccc2c(c1)CC(c1ccc(-n3c4c5c(c6ccccc6c4c4ccc6ccccc6c43)CC3c4ccccc4-c4cccc-5c43)nc1)c1ccccc1-2. The van der Waals surface area contributed by atoms with Crippen molar-refractivity contribution in [2.45, 2.75) is 24.7 Å². The molecule has 2 unspecified atom stereocenters. The highest BCUT2D eigenvalue weighted by atomic mass is 15.1. The van der Waals surface area contributed by atoms with E-state index in [1.165, 1.54) is 110 Å². The second kappa shape index (κ2) is 10.9. The van der Waals surface area contributed by atoms with Gasteiger partial charge in [-0.1, -0.05) is 158 Å². The lowest BCUT2D eigenvalue weighted by Gasteiger charge is -2.29. The van der Waals surface area contributed by atoms with Gasteiger partial charge in [0.25, 0.3) is 0 Å². The van der Waals surface area contributed by atoms with Gasteiger partial charge in [0.2, 0.25) is 0 Å². The lowest BCUT2D eigenvalue weighted by atomic mass is 9.75. The van der Waals surface area contributed by atoms with E-state index >= 15 is 0 Å². The Kier molecular flexibility index (Phi) is 5.88. The van der Waals surface area contributed by atoms with Gasteiger partial charge in [-0.05, 0) is 96.3 Å². The highest BCUT2D eigenvalue weighted by Crippen LogP contribution is 2.57. The Morgan fingerprint density at radius 1 is 0.455 bits per heavy atom. The molecule has 0 amide bonds. The summed E-state index contributed by atoms with van der Waals surface area (Å²) in [4.78, 5) is 5.46. The van der Waals surface area contributed by atoms with Crippen LogP contribution in [0.5, 0.6) is 0 Å². The van der Waals surface area contributed by atoms with Crippen molar-refractivity contribution in [1.29, 1.82) is 0 Å². The van der Waals surface area contributed by atoms with Crippen molar-refractivity contribution in [3.63, 3.8) is 0 Å². The molecule has 55 heavy (non-hydrogen) atoms. The average molecular weight is 699 g/mol. The summed E-state index contributed by atoms with van der Waals surface area (Å²) in [5.41, 5.74) is 19.1. The van der Waals surface area contributed by atoms with Gasteiger partial charge in [-0.15, -0.1) is 0 Å². The maximum Gasteiger partial charge on any atom is 0.137 e. The molecule has 10 aromatic rings. The van der Waals surface area contributed by atoms with Crippen LogP contribution in [0, 0.1) is 0 Å². The fraction of sp³-hybridized carbons (Fsp3) is 0.0755. The van der Waals surface area contributed by atoms with Gasteiger partial charge >= 0.3 is 0 Å². The smallest absolute Gasteiger partial charge is 0.137 e. The highest BCUT2D eigenvalue weighted by Gasteiger charge is 2.38. The van der Waals surface area contributed by atoms with Crippen molar-refractivity contribution in [2.75, 3.05) is 0 Å². The van der Waals surface area contributed by atoms with Gasteiger partial charge in [-0.25, -0.2) is 4.98 Å². The van der Waals surface area contributed by atoms with Crippen molar-refractivity contribution in [3.8, 4) is 39.2 Å². The maximum absolute atomic E-state index is 5.46. The minimum absolute atomic E-state index is 0.244. The summed E-state index contributed by atoms with van der Waals surface area (Å²) in [5.74, 6) is 1.55. The molecule has 0 saturated heterocycles. The van der Waals surface area contributed by atoms with Crippen molar-refractivity contribution >= 4 is 43.4 Å². The number of pyridine rings is 1. The van der Waals surface area contributed by atoms with Crippen LogP contribution in [0.1, 0.15) is 45.2 Å². The third kappa shape index (κ3) is 3.91. The van der Waals surface area contributed by atoms with E-state index in [0.29, 0.717) is 5.92 Å². The highest BCUT2D eigenvalue weighted by molar-refractivity contribution is 6.30. The number of benzene rings is 8. The normalized spacial score (nSPS) is 16.2. The van der Waals surface area contributed by atoms with Crippen LogP contribution in [0.25, 0.3) is 82.5 Å². The summed E-state index contributed by atoms with van der Waals surface area (Å²) in [6.07, 6.45) is 4.11. The van der Waals surface area contributed by atoms with Crippen LogP contribution in [0.15, 0.2) is 170 Å². The zero-order valence-corrected chi connectivity index (χ0v) is 30.1. The van der Waals surface area contributed by atoms with Crippen molar-refractivity contribution < 1.29 is 0 Å². The fourth-order valence-electron chi connectivity index (χ4n) is 10.9. The maximum atomic E-state index is 5.46.